The second-order valence-electron chi connectivity index (χ2n) is 6.23. The highest BCUT2D eigenvalue weighted by molar-refractivity contribution is 7.13. The lowest BCUT2D eigenvalue weighted by Gasteiger charge is -2.11. The number of benzene rings is 1. The van der Waals surface area contributed by atoms with Gasteiger partial charge in [0.25, 0.3) is 0 Å². The normalized spacial score (nSPS) is 20.5. The number of rotatable bonds is 7. The van der Waals surface area contributed by atoms with E-state index in [1.807, 2.05) is 30.5 Å². The molecule has 8 heteroatoms. The van der Waals surface area contributed by atoms with Gasteiger partial charge in [0.05, 0.1) is 19.4 Å². The lowest BCUT2D eigenvalue weighted by atomic mass is 10.1. The van der Waals surface area contributed by atoms with E-state index >= 15 is 0 Å². The van der Waals surface area contributed by atoms with Crippen molar-refractivity contribution in [2.24, 2.45) is 5.41 Å². The topological polar surface area (TPSA) is 57.7 Å². The van der Waals surface area contributed by atoms with Gasteiger partial charge in [-0.05, 0) is 32.0 Å². The van der Waals surface area contributed by atoms with E-state index in [0.717, 1.165) is 10.6 Å². The van der Waals surface area contributed by atoms with Crippen LogP contribution < -0.4 is 9.47 Å². The Morgan fingerprint density at radius 1 is 1.35 bits per heavy atom. The van der Waals surface area contributed by atoms with E-state index in [9.17, 15) is 4.79 Å². The lowest BCUT2D eigenvalue weighted by molar-refractivity contribution is -0.151. The molecule has 1 heterocycles. The van der Waals surface area contributed by atoms with E-state index in [4.69, 9.17) is 37.4 Å². The van der Waals surface area contributed by atoms with Gasteiger partial charge in [0, 0.05) is 17.4 Å². The second-order valence-corrected chi connectivity index (χ2v) is 8.57. The van der Waals surface area contributed by atoms with Gasteiger partial charge in [-0.25, -0.2) is 4.98 Å². The van der Waals surface area contributed by atoms with Crippen LogP contribution in [0.4, 0.5) is 0 Å². The highest BCUT2D eigenvalue weighted by Crippen LogP contribution is 2.64. The maximum Gasteiger partial charge on any atom is 0.315 e. The SMILES string of the molecule is CCOc1ccc(-c2nc(COC(=O)C3(C)CC3(Cl)Cl)cs2)cc1OC. The number of hydrogen-bond acceptors (Lipinski definition) is 6. The molecule has 1 saturated carbocycles. The smallest absolute Gasteiger partial charge is 0.315 e. The number of halogens is 2. The molecule has 2 aromatic rings. The molecule has 140 valence electrons. The van der Waals surface area contributed by atoms with Crippen molar-refractivity contribution in [3.8, 4) is 22.1 Å². The Morgan fingerprint density at radius 3 is 2.69 bits per heavy atom. The maximum absolute atomic E-state index is 12.1. The summed E-state index contributed by atoms with van der Waals surface area (Å²) in [5.74, 6) is 0.933. The third kappa shape index (κ3) is 3.63. The fourth-order valence-electron chi connectivity index (χ4n) is 2.50. The molecule has 5 nitrogen and oxygen atoms in total. The van der Waals surface area contributed by atoms with Gasteiger partial charge in [-0.1, -0.05) is 0 Å². The van der Waals surface area contributed by atoms with Crippen LogP contribution in [0.25, 0.3) is 10.6 Å². The van der Waals surface area contributed by atoms with Crippen molar-refractivity contribution in [1.29, 1.82) is 0 Å². The predicted molar refractivity (Wildman–Crippen MR) is 102 cm³/mol. The third-order valence-electron chi connectivity index (χ3n) is 4.32. The van der Waals surface area contributed by atoms with Gasteiger partial charge in [0.2, 0.25) is 0 Å². The fourth-order valence-corrected chi connectivity index (χ4v) is 3.99. The van der Waals surface area contributed by atoms with Gasteiger partial charge < -0.3 is 14.2 Å². The summed E-state index contributed by atoms with van der Waals surface area (Å²) in [6.45, 7) is 4.27. The fraction of sp³-hybridized carbons (Fsp3) is 0.444. The summed E-state index contributed by atoms with van der Waals surface area (Å²) in [5.41, 5.74) is 0.741. The minimum atomic E-state index is -1.03. The Morgan fingerprint density at radius 2 is 2.08 bits per heavy atom. The first-order chi connectivity index (χ1) is 12.3. The number of esters is 1. The first kappa shape index (κ1) is 19.3. The summed E-state index contributed by atoms with van der Waals surface area (Å²) in [7, 11) is 1.60. The summed E-state index contributed by atoms with van der Waals surface area (Å²) in [4.78, 5) is 16.7. The van der Waals surface area contributed by atoms with Crippen molar-refractivity contribution in [2.75, 3.05) is 13.7 Å². The minimum Gasteiger partial charge on any atom is -0.493 e. The Hall–Kier alpha value is -1.50. The van der Waals surface area contributed by atoms with Gasteiger partial charge in [0.1, 0.15) is 21.4 Å². The monoisotopic (exact) mass is 415 g/mol. The average molecular weight is 416 g/mol. The number of aromatic nitrogens is 1. The Bertz CT molecular complexity index is 823. The Kier molecular flexibility index (Phi) is 5.37. The van der Waals surface area contributed by atoms with E-state index in [1.54, 1.807) is 14.0 Å². The van der Waals surface area contributed by atoms with Crippen molar-refractivity contribution in [2.45, 2.75) is 31.2 Å². The molecule has 26 heavy (non-hydrogen) atoms. The number of carbonyl (C=O) groups is 1. The van der Waals surface area contributed by atoms with Crippen molar-refractivity contribution in [1.82, 2.24) is 4.98 Å². The summed E-state index contributed by atoms with van der Waals surface area (Å²) < 4.78 is 15.2. The summed E-state index contributed by atoms with van der Waals surface area (Å²) in [6, 6.07) is 5.65. The molecule has 1 aromatic carbocycles. The van der Waals surface area contributed by atoms with Crippen LogP contribution in [-0.4, -0.2) is 29.0 Å². The standard InChI is InChI=1S/C18H19Cl2NO4S/c1-4-24-13-6-5-11(7-14(13)23-3)15-21-12(9-26-15)8-25-16(22)17(2)10-18(17,19)20/h5-7,9H,4,8,10H2,1-3H3. The quantitative estimate of drug-likeness (QED) is 0.477. The second kappa shape index (κ2) is 7.25. The number of ether oxygens (including phenoxy) is 3. The molecule has 3 rings (SSSR count). The summed E-state index contributed by atoms with van der Waals surface area (Å²) >= 11 is 13.5. The molecule has 0 saturated heterocycles. The molecule has 0 aliphatic heterocycles. The number of thiazole rings is 1. The van der Waals surface area contributed by atoms with Gasteiger partial charge >= 0.3 is 5.97 Å². The van der Waals surface area contributed by atoms with Crippen LogP contribution in [0.1, 0.15) is 26.0 Å². The molecular weight excluding hydrogens is 397 g/mol. The molecular formula is C18H19Cl2NO4S. The van der Waals surface area contributed by atoms with Gasteiger partial charge in [-0.2, -0.15) is 0 Å². The van der Waals surface area contributed by atoms with E-state index in [0.29, 0.717) is 30.2 Å². The molecule has 0 amide bonds. The molecule has 1 fully saturated rings. The molecule has 0 bridgehead atoms. The van der Waals surface area contributed by atoms with E-state index in [1.165, 1.54) is 11.3 Å². The van der Waals surface area contributed by atoms with Crippen LogP contribution in [0, 0.1) is 5.41 Å². The van der Waals surface area contributed by atoms with Crippen LogP contribution in [0.5, 0.6) is 11.5 Å². The molecule has 1 atom stereocenters. The van der Waals surface area contributed by atoms with Crippen LogP contribution in [0.15, 0.2) is 23.6 Å². The third-order valence-corrected chi connectivity index (χ3v) is 6.36. The number of carbonyl (C=O) groups excluding carboxylic acids is 1. The molecule has 1 aromatic heterocycles. The van der Waals surface area contributed by atoms with Crippen LogP contribution in [0.2, 0.25) is 0 Å². The number of methoxy groups -OCH3 is 1. The molecule has 0 N–H and O–H groups in total. The summed E-state index contributed by atoms with van der Waals surface area (Å²) in [5, 5.41) is 2.66. The minimum absolute atomic E-state index is 0.0863. The number of hydrogen-bond donors (Lipinski definition) is 0. The zero-order chi connectivity index (χ0) is 18.9. The van der Waals surface area contributed by atoms with E-state index in [2.05, 4.69) is 4.98 Å². The van der Waals surface area contributed by atoms with Gasteiger partial charge in [0.15, 0.2) is 11.5 Å². The van der Waals surface area contributed by atoms with E-state index < -0.39 is 15.7 Å². The lowest BCUT2D eigenvalue weighted by Crippen LogP contribution is -2.21. The van der Waals surface area contributed by atoms with Crippen molar-refractivity contribution < 1.29 is 19.0 Å². The number of alkyl halides is 2. The van der Waals surface area contributed by atoms with Crippen molar-refractivity contribution in [3.63, 3.8) is 0 Å². The largest absolute Gasteiger partial charge is 0.493 e. The average Bonchev–Trinajstić information content (AvgIpc) is 2.97. The first-order valence-electron chi connectivity index (χ1n) is 8.11. The number of nitrogens with zero attached hydrogens (tertiary/aromatic N) is 1. The zero-order valence-corrected chi connectivity index (χ0v) is 17.0. The van der Waals surface area contributed by atoms with Gasteiger partial charge in [-0.3, -0.25) is 4.79 Å². The molecule has 1 aliphatic rings. The predicted octanol–water partition coefficient (Wildman–Crippen LogP) is 4.84. The van der Waals surface area contributed by atoms with Crippen LogP contribution in [0.3, 0.4) is 0 Å². The van der Waals surface area contributed by atoms with Crippen molar-refractivity contribution in [3.05, 3.63) is 29.3 Å². The molecule has 0 spiro atoms. The molecule has 0 radical (unpaired) electrons. The highest BCUT2D eigenvalue weighted by atomic mass is 35.5. The van der Waals surface area contributed by atoms with Gasteiger partial charge in [-0.15, -0.1) is 34.5 Å². The highest BCUT2D eigenvalue weighted by Gasteiger charge is 2.69. The van der Waals surface area contributed by atoms with E-state index in [-0.39, 0.29) is 6.61 Å². The maximum atomic E-state index is 12.1. The van der Waals surface area contributed by atoms with Crippen LogP contribution >= 0.6 is 34.5 Å². The molecule has 1 aliphatic carbocycles. The summed E-state index contributed by atoms with van der Waals surface area (Å²) in [6.07, 6.45) is 0.399. The zero-order valence-electron chi connectivity index (χ0n) is 14.7. The Labute approximate surface area is 166 Å². The first-order valence-corrected chi connectivity index (χ1v) is 9.75. The Balaban J connectivity index is 1.67. The molecule has 1 unspecified atom stereocenters. The van der Waals surface area contributed by atoms with Crippen molar-refractivity contribution >= 4 is 40.5 Å². The van der Waals surface area contributed by atoms with Crippen LogP contribution in [-0.2, 0) is 16.1 Å².